The monoisotopic (exact) mass is 366 g/mol. The minimum Gasteiger partial charge on any atom is -0.496 e. The summed E-state index contributed by atoms with van der Waals surface area (Å²) >= 11 is 5.20. The highest BCUT2D eigenvalue weighted by Crippen LogP contribution is 2.39. The number of ether oxygens (including phenoxy) is 1. The van der Waals surface area contributed by atoms with Crippen LogP contribution in [0.1, 0.15) is 25.5 Å². The Labute approximate surface area is 138 Å². The van der Waals surface area contributed by atoms with Crippen LogP contribution in [0.15, 0.2) is 50.9 Å². The lowest BCUT2D eigenvalue weighted by Gasteiger charge is -2.20. The zero-order valence-corrected chi connectivity index (χ0v) is 14.8. The molecule has 0 saturated carbocycles. The number of rotatable bonds is 6. The Balaban J connectivity index is 2.41. The van der Waals surface area contributed by atoms with Gasteiger partial charge in [0.1, 0.15) is 10.8 Å². The van der Waals surface area contributed by atoms with E-state index in [1.54, 1.807) is 25.1 Å². The fourth-order valence-corrected chi connectivity index (χ4v) is 3.70. The van der Waals surface area contributed by atoms with E-state index in [4.69, 9.17) is 4.74 Å². The number of nitrogens with zero attached hydrogens (tertiary/aromatic N) is 1. The molecule has 0 fully saturated rings. The largest absolute Gasteiger partial charge is 0.496 e. The Hall–Kier alpha value is -1.04. The van der Waals surface area contributed by atoms with Crippen LogP contribution in [0.2, 0.25) is 0 Å². The van der Waals surface area contributed by atoms with Gasteiger partial charge in [0.2, 0.25) is 0 Å². The van der Waals surface area contributed by atoms with Gasteiger partial charge in [-0.3, -0.25) is 0 Å². The molecule has 1 atom stereocenters. The van der Waals surface area contributed by atoms with Crippen LogP contribution in [-0.2, 0) is 0 Å². The van der Waals surface area contributed by atoms with Crippen LogP contribution in [-0.4, -0.2) is 18.6 Å². The van der Waals surface area contributed by atoms with E-state index in [0.29, 0.717) is 0 Å². The molecule has 0 aliphatic carbocycles. The number of hydrogen-bond donors (Lipinski definition) is 1. The van der Waals surface area contributed by atoms with E-state index in [0.717, 1.165) is 26.7 Å². The molecule has 1 aromatic carbocycles. The molecular formula is C16H19BrN2OS. The first-order valence-corrected chi connectivity index (χ1v) is 8.47. The molecule has 3 nitrogen and oxygen atoms in total. The Morgan fingerprint density at radius 1 is 1.33 bits per heavy atom. The first-order valence-electron chi connectivity index (χ1n) is 6.86. The Kier molecular flexibility index (Phi) is 6.08. The van der Waals surface area contributed by atoms with Gasteiger partial charge >= 0.3 is 0 Å². The second-order valence-electron chi connectivity index (χ2n) is 4.54. The Morgan fingerprint density at radius 3 is 2.81 bits per heavy atom. The lowest BCUT2D eigenvalue weighted by molar-refractivity contribution is 0.400. The van der Waals surface area contributed by atoms with Crippen LogP contribution < -0.4 is 10.1 Å². The van der Waals surface area contributed by atoms with Crippen molar-refractivity contribution in [3.05, 3.63) is 46.6 Å². The summed E-state index contributed by atoms with van der Waals surface area (Å²) in [5, 5.41) is 4.41. The molecule has 0 amide bonds. The van der Waals surface area contributed by atoms with Crippen molar-refractivity contribution in [3.8, 4) is 5.75 Å². The molecule has 2 aromatic rings. The molecule has 0 aliphatic rings. The van der Waals surface area contributed by atoms with Gasteiger partial charge in [0.05, 0.1) is 11.6 Å². The van der Waals surface area contributed by atoms with Crippen molar-refractivity contribution < 1.29 is 4.74 Å². The van der Waals surface area contributed by atoms with Crippen LogP contribution in [0.3, 0.4) is 0 Å². The van der Waals surface area contributed by atoms with Crippen LogP contribution in [0.25, 0.3) is 0 Å². The second-order valence-corrected chi connectivity index (χ2v) is 6.43. The third kappa shape index (κ3) is 3.99. The van der Waals surface area contributed by atoms with Crippen molar-refractivity contribution in [2.24, 2.45) is 0 Å². The quantitative estimate of drug-likeness (QED) is 0.804. The average Bonchev–Trinajstić information content (AvgIpc) is 2.49. The van der Waals surface area contributed by atoms with E-state index in [-0.39, 0.29) is 6.04 Å². The van der Waals surface area contributed by atoms with Crippen molar-refractivity contribution in [2.45, 2.75) is 29.8 Å². The highest BCUT2D eigenvalue weighted by molar-refractivity contribution is 9.10. The first-order chi connectivity index (χ1) is 10.2. The number of methoxy groups -OCH3 is 1. The van der Waals surface area contributed by atoms with Gasteiger partial charge in [-0.05, 0) is 53.7 Å². The number of aromatic nitrogens is 1. The average molecular weight is 367 g/mol. The SMILES string of the molecule is CCNC(C)c1c(OC)cccc1Sc1ncccc1Br. The highest BCUT2D eigenvalue weighted by atomic mass is 79.9. The second kappa shape index (κ2) is 7.82. The third-order valence-corrected chi connectivity index (χ3v) is 5.12. The molecule has 0 saturated heterocycles. The zero-order chi connectivity index (χ0) is 15.2. The smallest absolute Gasteiger partial charge is 0.124 e. The lowest BCUT2D eigenvalue weighted by atomic mass is 10.1. The molecular weight excluding hydrogens is 348 g/mol. The first kappa shape index (κ1) is 16.3. The third-order valence-electron chi connectivity index (χ3n) is 3.12. The Bertz CT molecular complexity index is 607. The zero-order valence-electron chi connectivity index (χ0n) is 12.4. The van der Waals surface area contributed by atoms with Gasteiger partial charge in [-0.25, -0.2) is 4.98 Å². The molecule has 112 valence electrons. The molecule has 2 rings (SSSR count). The summed E-state index contributed by atoms with van der Waals surface area (Å²) in [6.45, 7) is 5.17. The molecule has 1 unspecified atom stereocenters. The van der Waals surface area contributed by atoms with Crippen molar-refractivity contribution in [1.29, 1.82) is 0 Å². The van der Waals surface area contributed by atoms with Crippen LogP contribution in [0, 0.1) is 0 Å². The lowest BCUT2D eigenvalue weighted by Crippen LogP contribution is -2.19. The van der Waals surface area contributed by atoms with Crippen molar-refractivity contribution in [1.82, 2.24) is 10.3 Å². The summed E-state index contributed by atoms with van der Waals surface area (Å²) < 4.78 is 6.54. The van der Waals surface area contributed by atoms with E-state index in [2.05, 4.69) is 46.1 Å². The topological polar surface area (TPSA) is 34.1 Å². The fraction of sp³-hybridized carbons (Fsp3) is 0.312. The number of benzene rings is 1. The van der Waals surface area contributed by atoms with Crippen molar-refractivity contribution >= 4 is 27.7 Å². The standard InChI is InChI=1S/C16H19BrN2OS/c1-4-18-11(2)15-13(20-3)8-5-9-14(15)21-16-12(17)7-6-10-19-16/h5-11,18H,4H2,1-3H3. The number of pyridine rings is 1. The van der Waals surface area contributed by atoms with Gasteiger partial charge in [-0.1, -0.05) is 24.8 Å². The van der Waals surface area contributed by atoms with E-state index >= 15 is 0 Å². The predicted molar refractivity (Wildman–Crippen MR) is 91.1 cm³/mol. The summed E-state index contributed by atoms with van der Waals surface area (Å²) in [7, 11) is 1.71. The van der Waals surface area contributed by atoms with Crippen LogP contribution >= 0.6 is 27.7 Å². The summed E-state index contributed by atoms with van der Waals surface area (Å²) in [6.07, 6.45) is 1.81. The molecule has 0 aliphatic heterocycles. The molecule has 1 N–H and O–H groups in total. The molecule has 0 bridgehead atoms. The van der Waals surface area contributed by atoms with Gasteiger partial charge in [0, 0.05) is 22.7 Å². The fourth-order valence-electron chi connectivity index (χ4n) is 2.18. The van der Waals surface area contributed by atoms with E-state index in [1.807, 2.05) is 24.3 Å². The summed E-state index contributed by atoms with van der Waals surface area (Å²) in [6, 6.07) is 10.3. The molecule has 1 heterocycles. The van der Waals surface area contributed by atoms with E-state index < -0.39 is 0 Å². The van der Waals surface area contributed by atoms with E-state index in [9.17, 15) is 0 Å². The van der Waals surface area contributed by atoms with Crippen molar-refractivity contribution in [3.63, 3.8) is 0 Å². The minimum absolute atomic E-state index is 0.219. The van der Waals surface area contributed by atoms with Crippen LogP contribution in [0.5, 0.6) is 5.75 Å². The number of nitrogens with one attached hydrogen (secondary N) is 1. The maximum Gasteiger partial charge on any atom is 0.124 e. The molecule has 5 heteroatoms. The molecule has 1 aromatic heterocycles. The minimum atomic E-state index is 0.219. The number of halogens is 1. The van der Waals surface area contributed by atoms with Crippen LogP contribution in [0.4, 0.5) is 0 Å². The summed E-state index contributed by atoms with van der Waals surface area (Å²) in [5.41, 5.74) is 1.17. The summed E-state index contributed by atoms with van der Waals surface area (Å²) in [5.74, 6) is 0.903. The molecule has 0 spiro atoms. The number of hydrogen-bond acceptors (Lipinski definition) is 4. The Morgan fingerprint density at radius 2 is 2.14 bits per heavy atom. The van der Waals surface area contributed by atoms with Gasteiger partial charge in [-0.2, -0.15) is 0 Å². The molecule has 0 radical (unpaired) electrons. The predicted octanol–water partition coefficient (Wildman–Crippen LogP) is 4.67. The van der Waals surface area contributed by atoms with Gasteiger partial charge in [-0.15, -0.1) is 0 Å². The molecule has 21 heavy (non-hydrogen) atoms. The van der Waals surface area contributed by atoms with Gasteiger partial charge in [0.25, 0.3) is 0 Å². The van der Waals surface area contributed by atoms with Crippen molar-refractivity contribution in [2.75, 3.05) is 13.7 Å². The maximum absolute atomic E-state index is 5.54. The van der Waals surface area contributed by atoms with E-state index in [1.165, 1.54) is 5.56 Å². The maximum atomic E-state index is 5.54. The summed E-state index contributed by atoms with van der Waals surface area (Å²) in [4.78, 5) is 5.59. The highest BCUT2D eigenvalue weighted by Gasteiger charge is 2.17. The van der Waals surface area contributed by atoms with Gasteiger partial charge < -0.3 is 10.1 Å². The normalized spacial score (nSPS) is 12.2. The van der Waals surface area contributed by atoms with Gasteiger partial charge in [0.15, 0.2) is 0 Å².